The Labute approximate surface area is 317 Å². The first-order valence-electron chi connectivity index (χ1n) is 18.6. The number of carbonyl (C=O) groups is 3. The lowest BCUT2D eigenvalue weighted by molar-refractivity contribution is -0.147. The Morgan fingerprint density at radius 3 is 2.04 bits per heavy atom. The molecule has 0 aliphatic carbocycles. The van der Waals surface area contributed by atoms with Crippen LogP contribution in [0.3, 0.4) is 0 Å². The second-order valence-electron chi connectivity index (χ2n) is 13.2. The Hall–Kier alpha value is -3.47. The number of Topliss-reactive ketones (excluding diaryl/α,β-unsaturated/α-hetero) is 1. The van der Waals surface area contributed by atoms with Crippen molar-refractivity contribution in [2.24, 2.45) is 5.92 Å². The van der Waals surface area contributed by atoms with Gasteiger partial charge in [-0.3, -0.25) is 14.4 Å². The van der Waals surface area contributed by atoms with Crippen molar-refractivity contribution >= 4 is 39.2 Å². The fourth-order valence-corrected chi connectivity index (χ4v) is 9.36. The van der Waals surface area contributed by atoms with Crippen LogP contribution >= 0.6 is 21.6 Å². The van der Waals surface area contributed by atoms with Crippen molar-refractivity contribution in [1.29, 1.82) is 0 Å². The molecule has 0 aromatic heterocycles. The van der Waals surface area contributed by atoms with Crippen LogP contribution in [0.1, 0.15) is 94.2 Å². The molecule has 52 heavy (non-hydrogen) atoms. The third-order valence-corrected chi connectivity index (χ3v) is 12.5. The maximum Gasteiger partial charge on any atom is 0.306 e. The summed E-state index contributed by atoms with van der Waals surface area (Å²) in [5.74, 6) is 2.34. The monoisotopic (exact) mass is 749 g/mol. The Kier molecular flexibility index (Phi) is 17.9. The SMILES string of the molecule is CCC(=O)CCC(=O)OCC(CCCCNC(=O)CCCCC1CCSS1)COC(c1ccccc1)(c1ccc(OC)cc1)c1ccc(OC)cc1. The van der Waals surface area contributed by atoms with Gasteiger partial charge in [-0.1, -0.05) is 96.0 Å². The first kappa shape index (κ1) is 41.3. The van der Waals surface area contributed by atoms with E-state index in [-0.39, 0.29) is 49.6 Å². The summed E-state index contributed by atoms with van der Waals surface area (Å²) in [6.07, 6.45) is 8.05. The van der Waals surface area contributed by atoms with Crippen LogP contribution in [0.2, 0.25) is 0 Å². The fraction of sp³-hybridized carbons (Fsp3) is 0.500. The zero-order chi connectivity index (χ0) is 37.0. The van der Waals surface area contributed by atoms with Gasteiger partial charge in [-0.2, -0.15) is 0 Å². The van der Waals surface area contributed by atoms with Gasteiger partial charge in [0.2, 0.25) is 5.91 Å². The van der Waals surface area contributed by atoms with Crippen LogP contribution in [0.25, 0.3) is 0 Å². The topological polar surface area (TPSA) is 100 Å². The molecule has 2 unspecified atom stereocenters. The number of nitrogens with one attached hydrogen (secondary N) is 1. The summed E-state index contributed by atoms with van der Waals surface area (Å²) in [4.78, 5) is 37.1. The van der Waals surface area contributed by atoms with Gasteiger partial charge in [-0.15, -0.1) is 0 Å². The normalized spacial score (nSPS) is 14.8. The van der Waals surface area contributed by atoms with Gasteiger partial charge in [0.1, 0.15) is 22.9 Å². The molecule has 0 radical (unpaired) electrons. The van der Waals surface area contributed by atoms with Gasteiger partial charge >= 0.3 is 5.97 Å². The molecule has 0 spiro atoms. The van der Waals surface area contributed by atoms with Gasteiger partial charge in [0.25, 0.3) is 0 Å². The second kappa shape index (κ2) is 22.6. The van der Waals surface area contributed by atoms with E-state index in [1.807, 2.05) is 88.3 Å². The highest BCUT2D eigenvalue weighted by Gasteiger charge is 2.38. The van der Waals surface area contributed by atoms with Crippen molar-refractivity contribution in [3.05, 3.63) is 95.6 Å². The molecule has 3 aromatic rings. The fourth-order valence-electron chi connectivity index (χ4n) is 6.33. The number of rotatable bonds is 24. The Balaban J connectivity index is 1.47. The van der Waals surface area contributed by atoms with Crippen molar-refractivity contribution in [3.8, 4) is 11.5 Å². The molecule has 4 rings (SSSR count). The standard InChI is InChI=1S/C42H55NO7S2/c1-4-36(44)21-26-41(46)49-30-32(12-10-11-28-43-40(45)16-9-8-15-39-27-29-51-52-39)31-50-42(33-13-6-5-7-14-33,34-17-22-37(47-2)23-18-34)35-19-24-38(48-3)25-20-35/h5-7,13-14,17-20,22-25,32,39H,4,8-12,15-16,21,26-31H2,1-3H3,(H,43,45). The Morgan fingerprint density at radius 1 is 0.788 bits per heavy atom. The summed E-state index contributed by atoms with van der Waals surface area (Å²) in [7, 11) is 7.24. The first-order valence-corrected chi connectivity index (χ1v) is 21.0. The van der Waals surface area contributed by atoms with Crippen molar-refractivity contribution < 1.29 is 33.3 Å². The second-order valence-corrected chi connectivity index (χ2v) is 16.0. The Morgan fingerprint density at radius 2 is 1.44 bits per heavy atom. The van der Waals surface area contributed by atoms with E-state index < -0.39 is 5.60 Å². The van der Waals surface area contributed by atoms with E-state index in [1.54, 1.807) is 21.1 Å². The highest BCUT2D eigenvalue weighted by atomic mass is 33.1. The highest BCUT2D eigenvalue weighted by molar-refractivity contribution is 8.77. The molecule has 1 amide bonds. The van der Waals surface area contributed by atoms with Gasteiger partial charge < -0.3 is 24.3 Å². The molecule has 1 N–H and O–H groups in total. The summed E-state index contributed by atoms with van der Waals surface area (Å²) in [6, 6.07) is 25.9. The van der Waals surface area contributed by atoms with Crippen LogP contribution in [-0.2, 0) is 29.5 Å². The average Bonchev–Trinajstić information content (AvgIpc) is 3.72. The largest absolute Gasteiger partial charge is 0.497 e. The van der Waals surface area contributed by atoms with Crippen molar-refractivity contribution in [2.45, 2.75) is 88.4 Å². The molecule has 282 valence electrons. The number of carbonyl (C=O) groups excluding carboxylic acids is 3. The number of ketones is 1. The number of hydrogen-bond acceptors (Lipinski definition) is 9. The molecular formula is C42H55NO7S2. The molecule has 8 nitrogen and oxygen atoms in total. The number of methoxy groups -OCH3 is 2. The van der Waals surface area contributed by atoms with Gasteiger partial charge in [0.15, 0.2) is 0 Å². The molecule has 0 saturated carbocycles. The minimum absolute atomic E-state index is 0.0393. The third kappa shape index (κ3) is 12.9. The maximum atomic E-state index is 12.7. The molecule has 1 aliphatic heterocycles. The lowest BCUT2D eigenvalue weighted by Crippen LogP contribution is -2.35. The summed E-state index contributed by atoms with van der Waals surface area (Å²) in [5.41, 5.74) is 1.78. The van der Waals surface area contributed by atoms with Gasteiger partial charge in [-0.25, -0.2) is 0 Å². The molecule has 10 heteroatoms. The van der Waals surface area contributed by atoms with Crippen molar-refractivity contribution in [1.82, 2.24) is 5.32 Å². The van der Waals surface area contributed by atoms with Crippen LogP contribution in [0.5, 0.6) is 11.5 Å². The molecule has 1 saturated heterocycles. The zero-order valence-electron chi connectivity index (χ0n) is 30.9. The number of hydrogen-bond donors (Lipinski definition) is 1. The predicted molar refractivity (Wildman–Crippen MR) is 211 cm³/mol. The summed E-state index contributed by atoms with van der Waals surface area (Å²) in [6.45, 7) is 2.85. The third-order valence-electron chi connectivity index (χ3n) is 9.46. The number of esters is 1. The molecule has 0 bridgehead atoms. The summed E-state index contributed by atoms with van der Waals surface area (Å²) >= 11 is 0. The van der Waals surface area contributed by atoms with Crippen LogP contribution < -0.4 is 14.8 Å². The number of unbranched alkanes of at least 4 members (excludes halogenated alkanes) is 2. The van der Waals surface area contributed by atoms with Gasteiger partial charge in [0, 0.05) is 42.7 Å². The van der Waals surface area contributed by atoms with Gasteiger partial charge in [-0.05, 0) is 73.1 Å². The van der Waals surface area contributed by atoms with Crippen LogP contribution in [0.15, 0.2) is 78.9 Å². The van der Waals surface area contributed by atoms with Gasteiger partial charge in [0.05, 0.1) is 33.9 Å². The van der Waals surface area contributed by atoms with Crippen LogP contribution in [-0.4, -0.2) is 62.6 Å². The van der Waals surface area contributed by atoms with E-state index in [9.17, 15) is 14.4 Å². The smallest absolute Gasteiger partial charge is 0.306 e. The summed E-state index contributed by atoms with van der Waals surface area (Å²) in [5, 5.41) is 3.83. The lowest BCUT2D eigenvalue weighted by Gasteiger charge is -2.37. The molecule has 1 fully saturated rings. The molecule has 3 aromatic carbocycles. The van der Waals surface area contributed by atoms with E-state index in [0.29, 0.717) is 19.4 Å². The molecule has 2 atom stereocenters. The average molecular weight is 750 g/mol. The maximum absolute atomic E-state index is 12.7. The predicted octanol–water partition coefficient (Wildman–Crippen LogP) is 8.93. The van der Waals surface area contributed by atoms with E-state index in [1.165, 1.54) is 18.6 Å². The Bertz CT molecular complexity index is 1450. The minimum atomic E-state index is -1.00. The van der Waals surface area contributed by atoms with E-state index in [4.69, 9.17) is 18.9 Å². The number of amides is 1. The molecule has 1 aliphatic rings. The lowest BCUT2D eigenvalue weighted by atomic mass is 9.79. The number of ether oxygens (including phenoxy) is 4. The molecular weight excluding hydrogens is 695 g/mol. The van der Waals surface area contributed by atoms with Crippen molar-refractivity contribution in [2.75, 3.05) is 39.7 Å². The quantitative estimate of drug-likeness (QED) is 0.0417. The minimum Gasteiger partial charge on any atom is -0.497 e. The van der Waals surface area contributed by atoms with Crippen LogP contribution in [0, 0.1) is 5.92 Å². The zero-order valence-corrected chi connectivity index (χ0v) is 32.6. The van der Waals surface area contributed by atoms with E-state index in [2.05, 4.69) is 17.4 Å². The summed E-state index contributed by atoms with van der Waals surface area (Å²) < 4.78 is 23.9. The van der Waals surface area contributed by atoms with E-state index >= 15 is 0 Å². The highest BCUT2D eigenvalue weighted by Crippen LogP contribution is 2.42. The first-order chi connectivity index (χ1) is 25.4. The van der Waals surface area contributed by atoms with Crippen molar-refractivity contribution in [3.63, 3.8) is 0 Å². The van der Waals surface area contributed by atoms with Crippen LogP contribution in [0.4, 0.5) is 0 Å². The van der Waals surface area contributed by atoms with E-state index in [0.717, 1.165) is 65.5 Å². The number of benzene rings is 3. The molecule has 1 heterocycles.